The van der Waals surface area contributed by atoms with Gasteiger partial charge in [-0.05, 0) is 51.3 Å². The van der Waals surface area contributed by atoms with Gasteiger partial charge in [0.25, 0.3) is 5.91 Å². The molecule has 0 fully saturated rings. The van der Waals surface area contributed by atoms with E-state index in [0.29, 0.717) is 17.1 Å². The normalized spacial score (nSPS) is 11.2. The van der Waals surface area contributed by atoms with Gasteiger partial charge in [0.2, 0.25) is 0 Å². The van der Waals surface area contributed by atoms with Gasteiger partial charge in [-0.25, -0.2) is 4.98 Å². The maximum absolute atomic E-state index is 12.3. The smallest absolute Gasteiger partial charge is 0.251 e. The number of carbonyl (C=O) groups excluding carboxylic acids is 1. The Labute approximate surface area is 186 Å². The summed E-state index contributed by atoms with van der Waals surface area (Å²) in [5, 5.41) is 3.66. The quantitative estimate of drug-likeness (QED) is 0.439. The lowest BCUT2D eigenvalue weighted by Gasteiger charge is -2.10. The van der Waals surface area contributed by atoms with Crippen molar-refractivity contribution in [3.63, 3.8) is 0 Å². The van der Waals surface area contributed by atoms with Crippen LogP contribution in [0.2, 0.25) is 5.02 Å². The van der Waals surface area contributed by atoms with Gasteiger partial charge in [-0.15, -0.1) is 0 Å². The molecule has 158 valence electrons. The number of halogens is 1. The van der Waals surface area contributed by atoms with Gasteiger partial charge in [-0.2, -0.15) is 0 Å². The molecule has 0 unspecified atom stereocenters. The number of amides is 1. The first-order valence-corrected chi connectivity index (χ1v) is 10.5. The lowest BCUT2D eigenvalue weighted by atomic mass is 10.1. The van der Waals surface area contributed by atoms with Crippen LogP contribution in [0.5, 0.6) is 0 Å². The zero-order valence-corrected chi connectivity index (χ0v) is 18.3. The highest BCUT2D eigenvalue weighted by Crippen LogP contribution is 2.25. The molecule has 0 saturated heterocycles. The van der Waals surface area contributed by atoms with Crippen molar-refractivity contribution in [1.29, 1.82) is 0 Å². The predicted molar refractivity (Wildman–Crippen MR) is 124 cm³/mol. The fourth-order valence-corrected chi connectivity index (χ4v) is 3.49. The number of nitrogens with zero attached hydrogens (tertiary/aromatic N) is 4. The molecule has 6 nitrogen and oxygen atoms in total. The molecule has 0 saturated carbocycles. The summed E-state index contributed by atoms with van der Waals surface area (Å²) in [6.07, 6.45) is 6.46. The Balaban J connectivity index is 1.53. The average Bonchev–Trinajstić information content (AvgIpc) is 3.20. The fourth-order valence-electron chi connectivity index (χ4n) is 3.36. The number of carbonyl (C=O) groups is 1. The Bertz CT molecular complexity index is 1180. The third-order valence-corrected chi connectivity index (χ3v) is 5.30. The molecule has 2 aromatic heterocycles. The molecule has 2 aromatic carbocycles. The number of hydrogen-bond acceptors (Lipinski definition) is 4. The summed E-state index contributed by atoms with van der Waals surface area (Å²) in [5.41, 5.74) is 5.13. The van der Waals surface area contributed by atoms with Crippen molar-refractivity contribution in [1.82, 2.24) is 24.6 Å². The van der Waals surface area contributed by atoms with E-state index < -0.39 is 0 Å². The molecule has 0 bridgehead atoms. The summed E-state index contributed by atoms with van der Waals surface area (Å²) >= 11 is 6.02. The molecular formula is C24H24ClN5O. The van der Waals surface area contributed by atoms with Crippen molar-refractivity contribution in [3.8, 4) is 22.5 Å². The van der Waals surface area contributed by atoms with Crippen molar-refractivity contribution in [3.05, 3.63) is 77.7 Å². The van der Waals surface area contributed by atoms with Crippen LogP contribution in [-0.4, -0.2) is 52.4 Å². The molecular weight excluding hydrogens is 410 g/mol. The van der Waals surface area contributed by atoms with Crippen LogP contribution >= 0.6 is 11.6 Å². The predicted octanol–water partition coefficient (Wildman–Crippen LogP) is 4.40. The second-order valence-corrected chi connectivity index (χ2v) is 8.08. The molecule has 1 amide bonds. The van der Waals surface area contributed by atoms with Crippen LogP contribution in [0.1, 0.15) is 16.8 Å². The number of hydrogen-bond donors (Lipinski definition) is 1. The summed E-state index contributed by atoms with van der Waals surface area (Å²) in [5.74, 6) is -0.0617. The first kappa shape index (κ1) is 21.0. The fraction of sp³-hybridized carbons (Fsp3) is 0.208. The van der Waals surface area contributed by atoms with E-state index in [2.05, 4.69) is 20.2 Å². The van der Waals surface area contributed by atoms with E-state index in [4.69, 9.17) is 11.6 Å². The number of imidazole rings is 1. The lowest BCUT2D eigenvalue weighted by Crippen LogP contribution is -2.27. The summed E-state index contributed by atoms with van der Waals surface area (Å²) in [4.78, 5) is 23.4. The Morgan fingerprint density at radius 2 is 1.71 bits per heavy atom. The summed E-state index contributed by atoms with van der Waals surface area (Å²) in [6, 6.07) is 15.2. The van der Waals surface area contributed by atoms with Crippen LogP contribution in [-0.2, 0) is 0 Å². The van der Waals surface area contributed by atoms with Crippen LogP contribution in [0.25, 0.3) is 28.2 Å². The van der Waals surface area contributed by atoms with Gasteiger partial charge in [-0.3, -0.25) is 14.2 Å². The molecule has 0 aliphatic heterocycles. The first-order valence-electron chi connectivity index (χ1n) is 10.1. The Kier molecular flexibility index (Phi) is 6.30. The number of aromatic nitrogens is 3. The van der Waals surface area contributed by atoms with Gasteiger partial charge in [0.05, 0.1) is 23.8 Å². The monoisotopic (exact) mass is 433 g/mol. The maximum atomic E-state index is 12.3. The topological polar surface area (TPSA) is 62.5 Å². The summed E-state index contributed by atoms with van der Waals surface area (Å²) in [6.45, 7) is 1.60. The standard InChI is InChI=1S/C24H24ClN5O/c1-29(2)13-3-12-26-24(31)19-6-4-17(5-7-19)21-16-30-22(14-28-23(30)15-27-21)18-8-10-20(25)11-9-18/h4-11,14-16H,3,12-13H2,1-2H3,(H,26,31). The maximum Gasteiger partial charge on any atom is 0.251 e. The van der Waals surface area contributed by atoms with E-state index in [1.807, 2.05) is 79.4 Å². The molecule has 31 heavy (non-hydrogen) atoms. The molecule has 0 radical (unpaired) electrons. The van der Waals surface area contributed by atoms with Crippen LogP contribution in [0.4, 0.5) is 0 Å². The molecule has 4 rings (SSSR count). The van der Waals surface area contributed by atoms with Crippen molar-refractivity contribution in [2.45, 2.75) is 6.42 Å². The van der Waals surface area contributed by atoms with Crippen LogP contribution < -0.4 is 5.32 Å². The second-order valence-electron chi connectivity index (χ2n) is 7.64. The molecule has 0 aliphatic carbocycles. The van der Waals surface area contributed by atoms with Crippen LogP contribution in [0.3, 0.4) is 0 Å². The molecule has 7 heteroatoms. The molecule has 0 spiro atoms. The van der Waals surface area contributed by atoms with Crippen molar-refractivity contribution in [2.75, 3.05) is 27.2 Å². The zero-order chi connectivity index (χ0) is 21.8. The van der Waals surface area contributed by atoms with Gasteiger partial charge in [0.1, 0.15) is 0 Å². The highest BCUT2D eigenvalue weighted by molar-refractivity contribution is 6.30. The third kappa shape index (κ3) is 4.93. The molecule has 0 aliphatic rings. The molecule has 0 atom stereocenters. The second kappa shape index (κ2) is 9.29. The van der Waals surface area contributed by atoms with Crippen molar-refractivity contribution < 1.29 is 4.79 Å². The van der Waals surface area contributed by atoms with Gasteiger partial charge >= 0.3 is 0 Å². The molecule has 2 heterocycles. The first-order chi connectivity index (χ1) is 15.0. The Morgan fingerprint density at radius 1 is 1.00 bits per heavy atom. The van der Waals surface area contributed by atoms with Gasteiger partial charge in [0.15, 0.2) is 5.65 Å². The Morgan fingerprint density at radius 3 is 2.42 bits per heavy atom. The van der Waals surface area contributed by atoms with Gasteiger partial charge < -0.3 is 10.2 Å². The molecule has 4 aromatic rings. The van der Waals surface area contributed by atoms with Crippen molar-refractivity contribution >= 4 is 23.2 Å². The zero-order valence-electron chi connectivity index (χ0n) is 17.5. The minimum atomic E-state index is -0.0617. The van der Waals surface area contributed by atoms with E-state index >= 15 is 0 Å². The van der Waals surface area contributed by atoms with Crippen LogP contribution in [0, 0.1) is 0 Å². The largest absolute Gasteiger partial charge is 0.352 e. The molecule has 1 N–H and O–H groups in total. The van der Waals surface area contributed by atoms with E-state index in [-0.39, 0.29) is 5.91 Å². The lowest BCUT2D eigenvalue weighted by molar-refractivity contribution is 0.0952. The van der Waals surface area contributed by atoms with E-state index in [1.54, 1.807) is 6.20 Å². The highest BCUT2D eigenvalue weighted by Gasteiger charge is 2.10. The number of nitrogens with one attached hydrogen (secondary N) is 1. The Hall–Kier alpha value is -3.22. The highest BCUT2D eigenvalue weighted by atomic mass is 35.5. The average molecular weight is 434 g/mol. The summed E-state index contributed by atoms with van der Waals surface area (Å²) in [7, 11) is 4.04. The summed E-state index contributed by atoms with van der Waals surface area (Å²) < 4.78 is 2.01. The SMILES string of the molecule is CN(C)CCCNC(=O)c1ccc(-c2cn3c(-c4ccc(Cl)cc4)cnc3cn2)cc1. The van der Waals surface area contributed by atoms with Gasteiger partial charge in [-0.1, -0.05) is 35.9 Å². The number of rotatable bonds is 7. The minimum Gasteiger partial charge on any atom is -0.352 e. The van der Waals surface area contributed by atoms with Crippen molar-refractivity contribution in [2.24, 2.45) is 0 Å². The minimum absolute atomic E-state index is 0.0617. The van der Waals surface area contributed by atoms with Crippen LogP contribution in [0.15, 0.2) is 67.1 Å². The van der Waals surface area contributed by atoms with E-state index in [1.165, 1.54) is 0 Å². The van der Waals surface area contributed by atoms with E-state index in [9.17, 15) is 4.79 Å². The van der Waals surface area contributed by atoms with E-state index in [0.717, 1.165) is 41.1 Å². The number of fused-ring (bicyclic) bond motifs is 1. The van der Waals surface area contributed by atoms with Gasteiger partial charge in [0, 0.05) is 34.5 Å². The third-order valence-electron chi connectivity index (χ3n) is 5.05. The number of benzene rings is 2.